The SMILES string of the molecule is Cc1nnc(-c2ccc(C)c(-c3ccc(C(=O)NCCc4ccc5c(c4)OCCO5)cc3)c2)o1. The molecule has 0 unspecified atom stereocenters. The Hall–Kier alpha value is -4.13. The van der Waals surface area contributed by atoms with Crippen LogP contribution in [-0.2, 0) is 6.42 Å². The normalized spacial score (nSPS) is 12.4. The van der Waals surface area contributed by atoms with Crippen molar-refractivity contribution in [3.05, 3.63) is 83.2 Å². The lowest BCUT2D eigenvalue weighted by Gasteiger charge is -2.18. The summed E-state index contributed by atoms with van der Waals surface area (Å²) in [6.45, 7) is 5.49. The van der Waals surface area contributed by atoms with E-state index in [1.54, 1.807) is 6.92 Å². The Morgan fingerprint density at radius 2 is 1.65 bits per heavy atom. The standard InChI is InChI=1S/C27H25N3O4/c1-17-3-5-22(27-30-29-18(2)34-27)16-23(17)20-6-8-21(9-7-20)26(31)28-12-11-19-4-10-24-25(15-19)33-14-13-32-24/h3-10,15-16H,11-14H2,1-2H3,(H,28,31). The largest absolute Gasteiger partial charge is 0.486 e. The van der Waals surface area contributed by atoms with E-state index in [1.165, 1.54) is 0 Å². The van der Waals surface area contributed by atoms with Crippen molar-refractivity contribution >= 4 is 5.91 Å². The van der Waals surface area contributed by atoms with Crippen LogP contribution in [0.3, 0.4) is 0 Å². The fourth-order valence-electron chi connectivity index (χ4n) is 3.95. The van der Waals surface area contributed by atoms with Gasteiger partial charge in [0.25, 0.3) is 5.91 Å². The van der Waals surface area contributed by atoms with E-state index in [1.807, 2.05) is 60.7 Å². The van der Waals surface area contributed by atoms with Gasteiger partial charge in [0.05, 0.1) is 0 Å². The maximum absolute atomic E-state index is 12.6. The highest BCUT2D eigenvalue weighted by atomic mass is 16.6. The topological polar surface area (TPSA) is 86.5 Å². The third-order valence-corrected chi connectivity index (χ3v) is 5.77. The van der Waals surface area contributed by atoms with Gasteiger partial charge in [0, 0.05) is 24.6 Å². The molecule has 0 bridgehead atoms. The smallest absolute Gasteiger partial charge is 0.251 e. The van der Waals surface area contributed by atoms with Gasteiger partial charge in [0.15, 0.2) is 11.5 Å². The molecule has 1 aromatic heterocycles. The molecule has 0 saturated carbocycles. The Morgan fingerprint density at radius 1 is 0.882 bits per heavy atom. The van der Waals surface area contributed by atoms with Crippen molar-refractivity contribution in [2.75, 3.05) is 19.8 Å². The zero-order chi connectivity index (χ0) is 23.5. The first-order valence-electron chi connectivity index (χ1n) is 11.2. The summed E-state index contributed by atoms with van der Waals surface area (Å²) in [4.78, 5) is 12.6. The number of aryl methyl sites for hydroxylation is 2. The van der Waals surface area contributed by atoms with E-state index in [2.05, 4.69) is 22.4 Å². The van der Waals surface area contributed by atoms with Crippen LogP contribution in [0.2, 0.25) is 0 Å². The maximum atomic E-state index is 12.6. The number of carbonyl (C=O) groups excluding carboxylic acids is 1. The number of carbonyl (C=O) groups is 1. The second kappa shape index (κ2) is 9.39. The van der Waals surface area contributed by atoms with Gasteiger partial charge in [0.1, 0.15) is 13.2 Å². The minimum atomic E-state index is -0.101. The van der Waals surface area contributed by atoms with Crippen LogP contribution in [0.4, 0.5) is 0 Å². The van der Waals surface area contributed by atoms with Crippen molar-refractivity contribution in [1.29, 1.82) is 0 Å². The summed E-state index contributed by atoms with van der Waals surface area (Å²) >= 11 is 0. The quantitative estimate of drug-likeness (QED) is 0.451. The predicted octanol–water partition coefficient (Wildman–Crippen LogP) is 4.76. The molecule has 7 nitrogen and oxygen atoms in total. The molecule has 1 N–H and O–H groups in total. The number of hydrogen-bond acceptors (Lipinski definition) is 6. The molecule has 0 atom stereocenters. The fraction of sp³-hybridized carbons (Fsp3) is 0.222. The van der Waals surface area contributed by atoms with Crippen molar-refractivity contribution in [2.24, 2.45) is 0 Å². The number of rotatable bonds is 6. The first-order chi connectivity index (χ1) is 16.6. The second-order valence-electron chi connectivity index (χ2n) is 8.22. The van der Waals surface area contributed by atoms with Crippen LogP contribution in [-0.4, -0.2) is 35.9 Å². The average Bonchev–Trinajstić information content (AvgIpc) is 3.30. The molecule has 0 saturated heterocycles. The van der Waals surface area contributed by atoms with Crippen LogP contribution in [0.25, 0.3) is 22.6 Å². The van der Waals surface area contributed by atoms with E-state index in [0.29, 0.717) is 43.5 Å². The number of ether oxygens (including phenoxy) is 2. The van der Waals surface area contributed by atoms with Crippen molar-refractivity contribution in [2.45, 2.75) is 20.3 Å². The summed E-state index contributed by atoms with van der Waals surface area (Å²) in [7, 11) is 0. The lowest BCUT2D eigenvalue weighted by Crippen LogP contribution is -2.25. The summed E-state index contributed by atoms with van der Waals surface area (Å²) in [5.41, 5.74) is 5.76. The Kier molecular flexibility index (Phi) is 5.99. The Bertz CT molecular complexity index is 1330. The lowest BCUT2D eigenvalue weighted by molar-refractivity contribution is 0.0954. The zero-order valence-corrected chi connectivity index (χ0v) is 19.1. The maximum Gasteiger partial charge on any atom is 0.251 e. The van der Waals surface area contributed by atoms with Gasteiger partial charge in [-0.25, -0.2) is 0 Å². The van der Waals surface area contributed by atoms with E-state index in [-0.39, 0.29) is 5.91 Å². The van der Waals surface area contributed by atoms with E-state index in [0.717, 1.165) is 39.3 Å². The molecule has 1 aliphatic rings. The van der Waals surface area contributed by atoms with E-state index >= 15 is 0 Å². The lowest BCUT2D eigenvalue weighted by atomic mass is 9.97. The number of hydrogen-bond donors (Lipinski definition) is 1. The highest BCUT2D eigenvalue weighted by Crippen LogP contribution is 2.31. The highest BCUT2D eigenvalue weighted by molar-refractivity contribution is 5.94. The third kappa shape index (κ3) is 4.64. The highest BCUT2D eigenvalue weighted by Gasteiger charge is 2.13. The molecular formula is C27H25N3O4. The molecule has 172 valence electrons. The number of nitrogens with one attached hydrogen (secondary N) is 1. The summed E-state index contributed by atoms with van der Waals surface area (Å²) in [6, 6.07) is 19.5. The number of fused-ring (bicyclic) bond motifs is 1. The minimum Gasteiger partial charge on any atom is -0.486 e. The van der Waals surface area contributed by atoms with Gasteiger partial charge in [-0.2, -0.15) is 0 Å². The van der Waals surface area contributed by atoms with Crippen LogP contribution in [0.5, 0.6) is 11.5 Å². The molecule has 0 radical (unpaired) electrons. The fourth-order valence-corrected chi connectivity index (χ4v) is 3.95. The average molecular weight is 456 g/mol. The molecule has 2 heterocycles. The van der Waals surface area contributed by atoms with Gasteiger partial charge < -0.3 is 19.2 Å². The summed E-state index contributed by atoms with van der Waals surface area (Å²) in [5, 5.41) is 11.0. The van der Waals surface area contributed by atoms with Crippen LogP contribution in [0, 0.1) is 13.8 Å². The third-order valence-electron chi connectivity index (χ3n) is 5.77. The van der Waals surface area contributed by atoms with Crippen LogP contribution < -0.4 is 14.8 Å². The molecule has 7 heteroatoms. The van der Waals surface area contributed by atoms with Crippen LogP contribution >= 0.6 is 0 Å². The predicted molar refractivity (Wildman–Crippen MR) is 128 cm³/mol. The number of nitrogens with zero attached hydrogens (tertiary/aromatic N) is 2. The molecule has 0 fully saturated rings. The molecule has 3 aromatic carbocycles. The summed E-state index contributed by atoms with van der Waals surface area (Å²) in [6.07, 6.45) is 0.710. The van der Waals surface area contributed by atoms with E-state index in [4.69, 9.17) is 13.9 Å². The Balaban J connectivity index is 1.23. The zero-order valence-electron chi connectivity index (χ0n) is 19.1. The summed E-state index contributed by atoms with van der Waals surface area (Å²) < 4.78 is 16.7. The van der Waals surface area contributed by atoms with E-state index in [9.17, 15) is 4.79 Å². The van der Waals surface area contributed by atoms with Crippen molar-refractivity contribution < 1.29 is 18.7 Å². The molecule has 1 aliphatic heterocycles. The molecular weight excluding hydrogens is 430 g/mol. The number of benzene rings is 3. The molecule has 34 heavy (non-hydrogen) atoms. The van der Waals surface area contributed by atoms with Gasteiger partial charge in [0.2, 0.25) is 11.8 Å². The molecule has 1 amide bonds. The summed E-state index contributed by atoms with van der Waals surface area (Å²) in [5.74, 6) is 2.46. The van der Waals surface area contributed by atoms with Gasteiger partial charge in [-0.3, -0.25) is 4.79 Å². The van der Waals surface area contributed by atoms with Crippen molar-refractivity contribution in [1.82, 2.24) is 15.5 Å². The van der Waals surface area contributed by atoms with Gasteiger partial charge in [-0.15, -0.1) is 10.2 Å². The first-order valence-corrected chi connectivity index (χ1v) is 11.2. The first kappa shape index (κ1) is 21.7. The molecule has 4 aromatic rings. The van der Waals surface area contributed by atoms with E-state index < -0.39 is 0 Å². The Morgan fingerprint density at radius 3 is 2.41 bits per heavy atom. The number of aromatic nitrogens is 2. The molecule has 0 spiro atoms. The van der Waals surface area contributed by atoms with Crippen molar-refractivity contribution in [3.63, 3.8) is 0 Å². The Labute approximate surface area is 197 Å². The van der Waals surface area contributed by atoms with Crippen molar-refractivity contribution in [3.8, 4) is 34.1 Å². The van der Waals surface area contributed by atoms with Crippen LogP contribution in [0.15, 0.2) is 65.1 Å². The molecule has 0 aliphatic carbocycles. The monoisotopic (exact) mass is 455 g/mol. The van der Waals surface area contributed by atoms with Crippen LogP contribution in [0.1, 0.15) is 27.4 Å². The van der Waals surface area contributed by atoms with Gasteiger partial charge >= 0.3 is 0 Å². The second-order valence-corrected chi connectivity index (χ2v) is 8.22. The number of amides is 1. The van der Waals surface area contributed by atoms with Gasteiger partial charge in [-0.1, -0.05) is 24.3 Å². The minimum absolute atomic E-state index is 0.101. The molecule has 5 rings (SSSR count). The van der Waals surface area contributed by atoms with Gasteiger partial charge in [-0.05, 0) is 72.0 Å².